The average molecular weight is 514 g/mol. The summed E-state index contributed by atoms with van der Waals surface area (Å²) in [4.78, 5) is 33.6. The summed E-state index contributed by atoms with van der Waals surface area (Å²) in [5.41, 5.74) is 1.64. The second-order valence-electron chi connectivity index (χ2n) is 9.70. The van der Waals surface area contributed by atoms with Crippen LogP contribution in [-0.2, 0) is 6.18 Å². The average Bonchev–Trinajstić information content (AvgIpc) is 3.33. The van der Waals surface area contributed by atoms with E-state index in [9.17, 15) is 22.8 Å². The fraction of sp³-hybridized carbons (Fsp3) is 0.370. The fourth-order valence-electron chi connectivity index (χ4n) is 5.12. The Hall–Kier alpha value is -3.20. The van der Waals surface area contributed by atoms with Gasteiger partial charge in [-0.05, 0) is 62.3 Å². The van der Waals surface area contributed by atoms with Crippen LogP contribution in [0.1, 0.15) is 49.0 Å². The second-order valence-corrected chi connectivity index (χ2v) is 10.9. The number of alkyl halides is 3. The second kappa shape index (κ2) is 9.03. The molecular formula is C27H26F3N3O2S. The Morgan fingerprint density at radius 2 is 1.92 bits per heavy atom. The van der Waals surface area contributed by atoms with Crippen molar-refractivity contribution in [2.24, 2.45) is 11.8 Å². The molecule has 36 heavy (non-hydrogen) atoms. The molecule has 5 nitrogen and oxygen atoms in total. The number of rotatable bonds is 5. The highest BCUT2D eigenvalue weighted by Gasteiger charge is 2.54. The van der Waals surface area contributed by atoms with Crippen molar-refractivity contribution in [2.75, 3.05) is 13.1 Å². The summed E-state index contributed by atoms with van der Waals surface area (Å²) in [6, 6.07) is 11.3. The van der Waals surface area contributed by atoms with Gasteiger partial charge in [0.1, 0.15) is 5.69 Å². The summed E-state index contributed by atoms with van der Waals surface area (Å²) in [5, 5.41) is 3.57. The number of amides is 2. The first-order valence-electron chi connectivity index (χ1n) is 11.8. The number of carbonyl (C=O) groups is 2. The minimum absolute atomic E-state index is 0.0481. The van der Waals surface area contributed by atoms with Crippen LogP contribution in [0.4, 0.5) is 13.2 Å². The number of fused-ring (bicyclic) bond motifs is 1. The minimum Gasteiger partial charge on any atom is -0.350 e. The minimum atomic E-state index is -4.53. The maximum atomic E-state index is 13.7. The molecule has 1 aliphatic heterocycles. The van der Waals surface area contributed by atoms with Crippen molar-refractivity contribution in [3.05, 3.63) is 75.4 Å². The molecule has 2 amide bonds. The van der Waals surface area contributed by atoms with Crippen LogP contribution in [0.15, 0.2) is 42.5 Å². The van der Waals surface area contributed by atoms with E-state index >= 15 is 0 Å². The van der Waals surface area contributed by atoms with Gasteiger partial charge in [0.15, 0.2) is 0 Å². The molecule has 3 aromatic rings. The van der Waals surface area contributed by atoms with E-state index in [1.54, 1.807) is 4.90 Å². The summed E-state index contributed by atoms with van der Waals surface area (Å²) in [5.74, 6) is -0.0895. The van der Waals surface area contributed by atoms with Gasteiger partial charge >= 0.3 is 6.18 Å². The smallest absolute Gasteiger partial charge is 0.350 e. The maximum Gasteiger partial charge on any atom is 0.416 e. The predicted octanol–water partition coefficient (Wildman–Crippen LogP) is 5.64. The summed E-state index contributed by atoms with van der Waals surface area (Å²) in [7, 11) is 0. The molecule has 2 aliphatic rings. The number of likely N-dealkylation sites (tertiary alicyclic amines) is 1. The number of piperidine rings is 1. The summed E-state index contributed by atoms with van der Waals surface area (Å²) < 4.78 is 39.8. The number of benzene rings is 2. The van der Waals surface area contributed by atoms with Crippen LogP contribution in [0.3, 0.4) is 0 Å². The van der Waals surface area contributed by atoms with Crippen LogP contribution in [0.5, 0.6) is 0 Å². The molecule has 2 heterocycles. The number of hydrogen-bond acceptors (Lipinski definition) is 4. The largest absolute Gasteiger partial charge is 0.416 e. The quantitative estimate of drug-likeness (QED) is 0.480. The van der Waals surface area contributed by atoms with Gasteiger partial charge < -0.3 is 10.2 Å². The van der Waals surface area contributed by atoms with Crippen molar-refractivity contribution >= 4 is 23.2 Å². The van der Waals surface area contributed by atoms with E-state index in [2.05, 4.69) is 10.3 Å². The number of aromatic nitrogens is 1. The van der Waals surface area contributed by atoms with E-state index in [1.807, 2.05) is 38.1 Å². The number of aryl methyl sites for hydroxylation is 3. The van der Waals surface area contributed by atoms with Crippen molar-refractivity contribution in [1.29, 1.82) is 0 Å². The van der Waals surface area contributed by atoms with Gasteiger partial charge in [0.25, 0.3) is 11.8 Å². The molecule has 0 bridgehead atoms. The fourth-order valence-corrected chi connectivity index (χ4v) is 6.03. The summed E-state index contributed by atoms with van der Waals surface area (Å²) in [6.45, 7) is 6.01. The normalized spacial score (nSPS) is 20.8. The third-order valence-corrected chi connectivity index (χ3v) is 8.08. The molecule has 1 saturated carbocycles. The monoisotopic (exact) mass is 513 g/mol. The van der Waals surface area contributed by atoms with Gasteiger partial charge in [-0.2, -0.15) is 13.2 Å². The summed E-state index contributed by atoms with van der Waals surface area (Å²) >= 11 is 1.48. The highest BCUT2D eigenvalue weighted by molar-refractivity contribution is 7.15. The molecule has 5 rings (SSSR count). The lowest BCUT2D eigenvalue weighted by Crippen LogP contribution is -2.45. The lowest BCUT2D eigenvalue weighted by molar-refractivity contribution is -0.138. The maximum absolute atomic E-state index is 13.7. The van der Waals surface area contributed by atoms with E-state index in [0.29, 0.717) is 18.2 Å². The molecule has 3 atom stereocenters. The van der Waals surface area contributed by atoms with Crippen LogP contribution >= 0.6 is 11.3 Å². The zero-order valence-electron chi connectivity index (χ0n) is 20.1. The molecule has 1 unspecified atom stereocenters. The van der Waals surface area contributed by atoms with Gasteiger partial charge in [-0.1, -0.05) is 35.9 Å². The van der Waals surface area contributed by atoms with Crippen LogP contribution in [0, 0.1) is 32.6 Å². The zero-order chi connectivity index (χ0) is 25.8. The summed E-state index contributed by atoms with van der Waals surface area (Å²) in [6.07, 6.45) is -3.55. The Labute approximate surface area is 211 Å². The van der Waals surface area contributed by atoms with Gasteiger partial charge in [0.2, 0.25) is 0 Å². The van der Waals surface area contributed by atoms with E-state index in [0.717, 1.165) is 33.5 Å². The van der Waals surface area contributed by atoms with E-state index < -0.39 is 17.6 Å². The van der Waals surface area contributed by atoms with Gasteiger partial charge in [-0.25, -0.2) is 4.98 Å². The first-order chi connectivity index (χ1) is 17.0. The molecule has 188 valence electrons. The van der Waals surface area contributed by atoms with E-state index in [1.165, 1.54) is 30.4 Å². The third kappa shape index (κ3) is 4.64. The van der Waals surface area contributed by atoms with Crippen LogP contribution in [0.25, 0.3) is 10.4 Å². The van der Waals surface area contributed by atoms with Crippen molar-refractivity contribution in [3.63, 3.8) is 0 Å². The molecule has 0 spiro atoms. The number of thiazole rings is 1. The molecule has 1 aliphatic carbocycles. The standard InChI is InChI=1S/C27H26F3N3O2S/c1-14-5-4-6-17(9-14)24-23(32-16(3)36-24)26(35)33-13-19-10-20(19)22(33)12-31-25(34)18-8-7-15(2)21(11-18)27(28,29)30/h4-9,11,19-20,22H,10,12-13H2,1-3H3,(H,31,34)/t19-,20?,22-/m1/s1. The molecule has 2 fully saturated rings. The highest BCUT2D eigenvalue weighted by atomic mass is 32.1. The molecule has 9 heteroatoms. The Morgan fingerprint density at radius 1 is 1.14 bits per heavy atom. The Balaban J connectivity index is 1.34. The molecule has 2 aromatic carbocycles. The Bertz CT molecular complexity index is 1350. The molecule has 1 aromatic heterocycles. The number of nitrogens with zero attached hydrogens (tertiary/aromatic N) is 2. The molecule has 1 N–H and O–H groups in total. The predicted molar refractivity (Wildman–Crippen MR) is 132 cm³/mol. The topological polar surface area (TPSA) is 62.3 Å². The van der Waals surface area contributed by atoms with Crippen molar-refractivity contribution < 1.29 is 22.8 Å². The van der Waals surface area contributed by atoms with Gasteiger partial charge in [0, 0.05) is 18.7 Å². The highest BCUT2D eigenvalue weighted by Crippen LogP contribution is 2.50. The lowest BCUT2D eigenvalue weighted by Gasteiger charge is -2.27. The van der Waals surface area contributed by atoms with Crippen LogP contribution in [0.2, 0.25) is 0 Å². The zero-order valence-corrected chi connectivity index (χ0v) is 21.0. The van der Waals surface area contributed by atoms with Crippen LogP contribution < -0.4 is 5.32 Å². The van der Waals surface area contributed by atoms with Crippen molar-refractivity contribution in [3.8, 4) is 10.4 Å². The van der Waals surface area contributed by atoms with E-state index in [4.69, 9.17) is 0 Å². The Morgan fingerprint density at radius 3 is 2.64 bits per heavy atom. The Kier molecular flexibility index (Phi) is 6.14. The van der Waals surface area contributed by atoms with Gasteiger partial charge in [-0.15, -0.1) is 11.3 Å². The molecule has 1 saturated heterocycles. The van der Waals surface area contributed by atoms with Crippen molar-refractivity contribution in [1.82, 2.24) is 15.2 Å². The SMILES string of the molecule is Cc1cccc(-c2sc(C)nc2C(=O)N2C[C@H]3CC3[C@H]2CNC(=O)c2ccc(C)c(C(F)(F)F)c2)c1. The first kappa shape index (κ1) is 24.5. The third-order valence-electron chi connectivity index (χ3n) is 7.06. The van der Waals surface area contributed by atoms with Gasteiger partial charge in [0.05, 0.1) is 21.5 Å². The number of hydrogen-bond donors (Lipinski definition) is 1. The van der Waals surface area contributed by atoms with E-state index in [-0.39, 0.29) is 35.5 Å². The number of nitrogens with one attached hydrogen (secondary N) is 1. The number of carbonyl (C=O) groups excluding carboxylic acids is 2. The van der Waals surface area contributed by atoms with Gasteiger partial charge in [-0.3, -0.25) is 9.59 Å². The molecular weight excluding hydrogens is 487 g/mol. The first-order valence-corrected chi connectivity index (χ1v) is 12.7. The van der Waals surface area contributed by atoms with Crippen molar-refractivity contribution in [2.45, 2.75) is 39.4 Å². The number of halogens is 3. The van der Waals surface area contributed by atoms with Crippen LogP contribution in [-0.4, -0.2) is 40.8 Å². The molecule has 0 radical (unpaired) electrons. The lowest BCUT2D eigenvalue weighted by atomic mass is 10.0.